The first kappa shape index (κ1) is 29.7. The molecule has 0 saturated carbocycles. The van der Waals surface area contributed by atoms with E-state index in [-0.39, 0.29) is 12.5 Å². The minimum Gasteiger partial charge on any atom is -0.484 e. The number of rotatable bonds is 11. The molecule has 0 fully saturated rings. The van der Waals surface area contributed by atoms with E-state index in [1.807, 2.05) is 60.0 Å². The molecule has 1 aromatic heterocycles. The summed E-state index contributed by atoms with van der Waals surface area (Å²) in [4.78, 5) is 13.2. The number of ether oxygens (including phenoxy) is 1. The number of nitrogens with one attached hydrogen (secondary N) is 1. The van der Waals surface area contributed by atoms with Gasteiger partial charge in [0.05, 0.1) is 11.7 Å². The van der Waals surface area contributed by atoms with Crippen molar-refractivity contribution in [2.75, 3.05) is 6.61 Å². The number of hydrogen-bond donors (Lipinski definition) is 1. The standard InChI is InChI=1S/C33H30Cl2N4O2S/c1-22-7-6-10-25(17-22)21-42-33-38-37-32(39(33)30-19-27(35)12-11-23(30)2)29(18-24-8-4-3-5-9-24)36-31(40)20-41-28-15-13-26(34)14-16-28/h3-17,19,29H,18,20-21H2,1-2H3,(H,36,40). The van der Waals surface area contributed by atoms with Crippen LogP contribution in [0.2, 0.25) is 10.0 Å². The Labute approximate surface area is 260 Å². The molecule has 42 heavy (non-hydrogen) atoms. The Bertz CT molecular complexity index is 1660. The summed E-state index contributed by atoms with van der Waals surface area (Å²) in [6, 6.07) is 30.5. The van der Waals surface area contributed by atoms with E-state index < -0.39 is 6.04 Å². The molecule has 0 spiro atoms. The molecule has 5 rings (SSSR count). The summed E-state index contributed by atoms with van der Waals surface area (Å²) in [6.07, 6.45) is 0.508. The largest absolute Gasteiger partial charge is 0.484 e. The van der Waals surface area contributed by atoms with Gasteiger partial charge in [0.15, 0.2) is 17.6 Å². The zero-order valence-electron chi connectivity index (χ0n) is 23.3. The second-order valence-electron chi connectivity index (χ2n) is 9.94. The number of carbonyl (C=O) groups is 1. The van der Waals surface area contributed by atoms with Crippen molar-refractivity contribution in [3.05, 3.63) is 135 Å². The lowest BCUT2D eigenvalue weighted by Crippen LogP contribution is -2.35. The van der Waals surface area contributed by atoms with Crippen LogP contribution in [0.5, 0.6) is 5.75 Å². The molecule has 1 unspecified atom stereocenters. The van der Waals surface area contributed by atoms with Gasteiger partial charge in [-0.3, -0.25) is 9.36 Å². The lowest BCUT2D eigenvalue weighted by molar-refractivity contribution is -0.123. The Morgan fingerprint density at radius 3 is 2.38 bits per heavy atom. The van der Waals surface area contributed by atoms with E-state index in [1.165, 1.54) is 11.1 Å². The van der Waals surface area contributed by atoms with Gasteiger partial charge in [-0.25, -0.2) is 0 Å². The van der Waals surface area contributed by atoms with Crippen LogP contribution < -0.4 is 10.1 Å². The fourth-order valence-electron chi connectivity index (χ4n) is 4.57. The predicted molar refractivity (Wildman–Crippen MR) is 170 cm³/mol. The minimum absolute atomic E-state index is 0.160. The highest BCUT2D eigenvalue weighted by Gasteiger charge is 2.26. The van der Waals surface area contributed by atoms with E-state index >= 15 is 0 Å². The average molecular weight is 618 g/mol. The van der Waals surface area contributed by atoms with Crippen molar-refractivity contribution in [3.63, 3.8) is 0 Å². The molecule has 0 aliphatic rings. The Balaban J connectivity index is 1.48. The zero-order valence-corrected chi connectivity index (χ0v) is 25.6. The molecule has 1 amide bonds. The molecule has 5 aromatic rings. The molecule has 0 radical (unpaired) electrons. The van der Waals surface area contributed by atoms with Gasteiger partial charge in [-0.05, 0) is 73.4 Å². The number of carbonyl (C=O) groups excluding carboxylic acids is 1. The topological polar surface area (TPSA) is 69.0 Å². The molecular weight excluding hydrogens is 587 g/mol. The number of halogens is 2. The van der Waals surface area contributed by atoms with Crippen molar-refractivity contribution in [2.24, 2.45) is 0 Å². The number of amides is 1. The number of hydrogen-bond acceptors (Lipinski definition) is 5. The zero-order chi connectivity index (χ0) is 29.5. The Morgan fingerprint density at radius 1 is 0.881 bits per heavy atom. The summed E-state index contributed by atoms with van der Waals surface area (Å²) < 4.78 is 7.74. The summed E-state index contributed by atoms with van der Waals surface area (Å²) >= 11 is 14.0. The molecule has 4 aromatic carbocycles. The normalized spacial score (nSPS) is 11.7. The highest BCUT2D eigenvalue weighted by Crippen LogP contribution is 2.31. The van der Waals surface area contributed by atoms with E-state index in [4.69, 9.17) is 27.9 Å². The summed E-state index contributed by atoms with van der Waals surface area (Å²) in [7, 11) is 0. The van der Waals surface area contributed by atoms with Gasteiger partial charge in [0, 0.05) is 15.8 Å². The van der Waals surface area contributed by atoms with E-state index in [2.05, 4.69) is 46.7 Å². The molecule has 1 heterocycles. The van der Waals surface area contributed by atoms with Crippen LogP contribution in [0.1, 0.15) is 34.1 Å². The molecule has 1 N–H and O–H groups in total. The average Bonchev–Trinajstić information content (AvgIpc) is 3.41. The Morgan fingerprint density at radius 2 is 1.62 bits per heavy atom. The smallest absolute Gasteiger partial charge is 0.258 e. The molecule has 1 atom stereocenters. The summed E-state index contributed by atoms with van der Waals surface area (Å²) in [5.41, 5.74) is 5.31. The maximum atomic E-state index is 13.2. The number of aryl methyl sites for hydroxylation is 2. The molecule has 0 aliphatic carbocycles. The van der Waals surface area contributed by atoms with E-state index in [0.29, 0.717) is 38.9 Å². The highest BCUT2D eigenvalue weighted by molar-refractivity contribution is 7.98. The van der Waals surface area contributed by atoms with Gasteiger partial charge >= 0.3 is 0 Å². The summed E-state index contributed by atoms with van der Waals surface area (Å²) in [6.45, 7) is 3.94. The Kier molecular flexibility index (Phi) is 9.85. The first-order valence-corrected chi connectivity index (χ1v) is 15.2. The van der Waals surface area contributed by atoms with Crippen molar-refractivity contribution >= 4 is 40.9 Å². The molecular formula is C33H30Cl2N4O2S. The third kappa shape index (κ3) is 7.73. The molecule has 214 valence electrons. The molecule has 9 heteroatoms. The van der Waals surface area contributed by atoms with Gasteiger partial charge < -0.3 is 10.1 Å². The first-order chi connectivity index (χ1) is 20.4. The van der Waals surface area contributed by atoms with Crippen molar-refractivity contribution in [1.29, 1.82) is 0 Å². The monoisotopic (exact) mass is 616 g/mol. The van der Waals surface area contributed by atoms with Crippen LogP contribution in [0, 0.1) is 13.8 Å². The number of benzene rings is 4. The fourth-order valence-corrected chi connectivity index (χ4v) is 5.76. The van der Waals surface area contributed by atoms with Gasteiger partial charge in [0.1, 0.15) is 5.75 Å². The second-order valence-corrected chi connectivity index (χ2v) is 11.8. The second kappa shape index (κ2) is 13.9. The van der Waals surface area contributed by atoms with Crippen molar-refractivity contribution in [3.8, 4) is 11.4 Å². The quantitative estimate of drug-likeness (QED) is 0.152. The van der Waals surface area contributed by atoms with Crippen LogP contribution in [0.15, 0.2) is 102 Å². The number of thioether (sulfide) groups is 1. The number of nitrogens with zero attached hydrogens (tertiary/aromatic N) is 3. The third-order valence-corrected chi connectivity index (χ3v) is 8.12. The van der Waals surface area contributed by atoms with E-state index in [9.17, 15) is 4.79 Å². The lowest BCUT2D eigenvalue weighted by Gasteiger charge is -2.21. The third-order valence-electron chi connectivity index (χ3n) is 6.63. The van der Waals surface area contributed by atoms with Gasteiger partial charge in [0.2, 0.25) is 0 Å². The highest BCUT2D eigenvalue weighted by atomic mass is 35.5. The lowest BCUT2D eigenvalue weighted by atomic mass is 10.0. The molecule has 0 bridgehead atoms. The summed E-state index contributed by atoms with van der Waals surface area (Å²) in [5.74, 6) is 1.60. The van der Waals surface area contributed by atoms with Crippen LogP contribution in [0.4, 0.5) is 0 Å². The van der Waals surface area contributed by atoms with Crippen molar-refractivity contribution < 1.29 is 9.53 Å². The van der Waals surface area contributed by atoms with Crippen molar-refractivity contribution in [1.82, 2.24) is 20.1 Å². The maximum absolute atomic E-state index is 13.2. The van der Waals surface area contributed by atoms with Gasteiger partial charge in [-0.15, -0.1) is 10.2 Å². The Hall–Kier alpha value is -3.78. The van der Waals surface area contributed by atoms with Crippen LogP contribution >= 0.6 is 35.0 Å². The first-order valence-electron chi connectivity index (χ1n) is 13.5. The van der Waals surface area contributed by atoms with Crippen molar-refractivity contribution in [2.45, 2.75) is 37.2 Å². The molecule has 6 nitrogen and oxygen atoms in total. The van der Waals surface area contributed by atoms with Gasteiger partial charge in [0.25, 0.3) is 5.91 Å². The van der Waals surface area contributed by atoms with Crippen LogP contribution in [0.25, 0.3) is 5.69 Å². The summed E-state index contributed by atoms with van der Waals surface area (Å²) in [5, 5.41) is 14.3. The fraction of sp³-hybridized carbons (Fsp3) is 0.182. The predicted octanol–water partition coefficient (Wildman–Crippen LogP) is 7.96. The number of aromatic nitrogens is 3. The van der Waals surface area contributed by atoms with E-state index in [1.54, 1.807) is 36.0 Å². The molecule has 0 saturated heterocycles. The maximum Gasteiger partial charge on any atom is 0.258 e. The van der Waals surface area contributed by atoms with Crippen LogP contribution in [-0.2, 0) is 17.0 Å². The molecule has 0 aliphatic heterocycles. The van der Waals surface area contributed by atoms with Gasteiger partial charge in [-0.1, -0.05) is 101 Å². The van der Waals surface area contributed by atoms with Gasteiger partial charge in [-0.2, -0.15) is 0 Å². The van der Waals surface area contributed by atoms with Crippen LogP contribution in [0.3, 0.4) is 0 Å². The minimum atomic E-state index is -0.493. The van der Waals surface area contributed by atoms with E-state index in [0.717, 1.165) is 16.8 Å². The SMILES string of the molecule is Cc1cccc(CSc2nnc(C(Cc3ccccc3)NC(=O)COc3ccc(Cl)cc3)n2-c2cc(Cl)ccc2C)c1. The van der Waals surface area contributed by atoms with Crippen LogP contribution in [-0.4, -0.2) is 27.3 Å².